The largest absolute Gasteiger partial charge is 0.465 e. The summed E-state index contributed by atoms with van der Waals surface area (Å²) < 4.78 is 5.67. The van der Waals surface area contributed by atoms with E-state index < -0.39 is 0 Å². The summed E-state index contributed by atoms with van der Waals surface area (Å²) >= 11 is 0. The van der Waals surface area contributed by atoms with Crippen LogP contribution in [0.25, 0.3) is 0 Å². The maximum Gasteiger partial charge on any atom is 0.118 e. The molecule has 1 aromatic rings. The molecule has 0 spiro atoms. The molecule has 2 aliphatic rings. The van der Waals surface area contributed by atoms with E-state index in [1.807, 2.05) is 6.92 Å². The molecule has 0 bridgehead atoms. The molecule has 3 rings (SSSR count). The summed E-state index contributed by atoms with van der Waals surface area (Å²) in [6, 6.07) is 3.53. The number of nitrogens with zero attached hydrogens (tertiary/aromatic N) is 2. The Hall–Kier alpha value is -0.840. The van der Waals surface area contributed by atoms with Crippen LogP contribution in [0, 0.1) is 6.92 Å². The third kappa shape index (κ3) is 2.57. The minimum absolute atomic E-state index is 0.493. The summed E-state index contributed by atoms with van der Waals surface area (Å²) in [5.41, 5.74) is 6.95. The van der Waals surface area contributed by atoms with E-state index in [1.165, 1.54) is 38.0 Å². The quantitative estimate of drug-likeness (QED) is 0.902. The van der Waals surface area contributed by atoms with Gasteiger partial charge in [-0.15, -0.1) is 0 Å². The molecular formula is C15H25N3O. The van der Waals surface area contributed by atoms with E-state index in [-0.39, 0.29) is 0 Å². The second-order valence-corrected chi connectivity index (χ2v) is 6.07. The van der Waals surface area contributed by atoms with Crippen LogP contribution in [0.2, 0.25) is 0 Å². The zero-order valence-corrected chi connectivity index (χ0v) is 12.1. The molecule has 2 N–H and O–H groups in total. The maximum absolute atomic E-state index is 5.67. The first-order valence-electron chi connectivity index (χ1n) is 7.43. The van der Waals surface area contributed by atoms with Gasteiger partial charge in [-0.2, -0.15) is 0 Å². The van der Waals surface area contributed by atoms with Crippen LogP contribution < -0.4 is 5.73 Å². The van der Waals surface area contributed by atoms with Crippen LogP contribution >= 0.6 is 0 Å². The number of hydrogen-bond donors (Lipinski definition) is 1. The topological polar surface area (TPSA) is 45.6 Å². The number of hydrogen-bond acceptors (Lipinski definition) is 4. The van der Waals surface area contributed by atoms with Gasteiger partial charge in [0.25, 0.3) is 0 Å². The van der Waals surface area contributed by atoms with E-state index in [1.54, 1.807) is 0 Å². The third-order valence-electron chi connectivity index (χ3n) is 4.71. The fraction of sp³-hybridized carbons (Fsp3) is 0.733. The van der Waals surface area contributed by atoms with E-state index in [9.17, 15) is 0 Å². The molecule has 1 aromatic heterocycles. The average molecular weight is 263 g/mol. The van der Waals surface area contributed by atoms with Gasteiger partial charge in [-0.05, 0) is 39.3 Å². The van der Waals surface area contributed by atoms with Crippen LogP contribution in [0.1, 0.15) is 36.8 Å². The predicted octanol–water partition coefficient (Wildman–Crippen LogP) is 1.72. The van der Waals surface area contributed by atoms with Crippen LogP contribution in [0.3, 0.4) is 0 Å². The van der Waals surface area contributed by atoms with Gasteiger partial charge < -0.3 is 10.2 Å². The van der Waals surface area contributed by atoms with Gasteiger partial charge in [0.15, 0.2) is 0 Å². The van der Waals surface area contributed by atoms with Crippen molar-refractivity contribution in [2.75, 3.05) is 19.6 Å². The number of aryl methyl sites for hydroxylation is 1. The van der Waals surface area contributed by atoms with Crippen LogP contribution in [0.4, 0.5) is 0 Å². The number of nitrogens with two attached hydrogens (primary N) is 1. The molecule has 106 valence electrons. The van der Waals surface area contributed by atoms with Gasteiger partial charge in [0.2, 0.25) is 0 Å². The molecule has 2 unspecified atom stereocenters. The predicted molar refractivity (Wildman–Crippen MR) is 75.8 cm³/mol. The summed E-state index contributed by atoms with van der Waals surface area (Å²) in [4.78, 5) is 5.26. The van der Waals surface area contributed by atoms with Crippen molar-refractivity contribution in [1.29, 1.82) is 0 Å². The summed E-state index contributed by atoms with van der Waals surface area (Å²) in [6.45, 7) is 9.59. The van der Waals surface area contributed by atoms with Crippen molar-refractivity contribution < 1.29 is 4.42 Å². The Bertz CT molecular complexity index is 443. The third-order valence-corrected chi connectivity index (χ3v) is 4.71. The number of rotatable bonds is 3. The van der Waals surface area contributed by atoms with Crippen molar-refractivity contribution in [1.82, 2.24) is 9.80 Å². The fourth-order valence-electron chi connectivity index (χ4n) is 3.53. The zero-order valence-electron chi connectivity index (χ0n) is 12.1. The SMILES string of the molecule is Cc1oc(CN)cc1CN1CC2CCCN2CC1C. The lowest BCUT2D eigenvalue weighted by atomic mass is 10.1. The second-order valence-electron chi connectivity index (χ2n) is 6.07. The average Bonchev–Trinajstić information content (AvgIpc) is 2.97. The molecule has 0 amide bonds. The smallest absolute Gasteiger partial charge is 0.118 e. The highest BCUT2D eigenvalue weighted by atomic mass is 16.3. The molecule has 2 fully saturated rings. The summed E-state index contributed by atoms with van der Waals surface area (Å²) in [7, 11) is 0. The van der Waals surface area contributed by atoms with Crippen LogP contribution in [-0.4, -0.2) is 41.5 Å². The lowest BCUT2D eigenvalue weighted by Crippen LogP contribution is -2.54. The summed E-state index contributed by atoms with van der Waals surface area (Å²) in [6.07, 6.45) is 2.73. The molecule has 0 radical (unpaired) electrons. The number of piperazine rings is 1. The first-order chi connectivity index (χ1) is 9.17. The van der Waals surface area contributed by atoms with Gasteiger partial charge in [-0.25, -0.2) is 0 Å². The maximum atomic E-state index is 5.67. The van der Waals surface area contributed by atoms with E-state index in [0.717, 1.165) is 24.1 Å². The number of fused-ring (bicyclic) bond motifs is 1. The van der Waals surface area contributed by atoms with Gasteiger partial charge in [-0.1, -0.05) is 0 Å². The summed E-state index contributed by atoms with van der Waals surface area (Å²) in [5.74, 6) is 1.93. The van der Waals surface area contributed by atoms with E-state index in [2.05, 4.69) is 22.8 Å². The van der Waals surface area contributed by atoms with Gasteiger partial charge in [0.1, 0.15) is 11.5 Å². The Morgan fingerprint density at radius 1 is 1.42 bits per heavy atom. The Labute approximate surface area is 115 Å². The molecule has 3 heterocycles. The molecule has 0 saturated carbocycles. The Morgan fingerprint density at radius 3 is 3.00 bits per heavy atom. The normalized spacial score (nSPS) is 28.8. The zero-order chi connectivity index (χ0) is 13.4. The summed E-state index contributed by atoms with van der Waals surface area (Å²) in [5, 5.41) is 0. The molecule has 19 heavy (non-hydrogen) atoms. The Balaban J connectivity index is 1.69. The Morgan fingerprint density at radius 2 is 2.26 bits per heavy atom. The van der Waals surface area contributed by atoms with Crippen LogP contribution in [0.15, 0.2) is 10.5 Å². The van der Waals surface area contributed by atoms with Gasteiger partial charge >= 0.3 is 0 Å². The van der Waals surface area contributed by atoms with E-state index in [0.29, 0.717) is 12.6 Å². The highest BCUT2D eigenvalue weighted by Crippen LogP contribution is 2.26. The van der Waals surface area contributed by atoms with Crippen LogP contribution in [0.5, 0.6) is 0 Å². The van der Waals surface area contributed by atoms with Gasteiger partial charge in [0.05, 0.1) is 6.54 Å². The number of furan rings is 1. The van der Waals surface area contributed by atoms with Gasteiger partial charge in [-0.3, -0.25) is 9.80 Å². The van der Waals surface area contributed by atoms with Crippen molar-refractivity contribution in [3.63, 3.8) is 0 Å². The highest BCUT2D eigenvalue weighted by Gasteiger charge is 2.34. The van der Waals surface area contributed by atoms with Crippen LogP contribution in [-0.2, 0) is 13.1 Å². The van der Waals surface area contributed by atoms with Crippen molar-refractivity contribution >= 4 is 0 Å². The lowest BCUT2D eigenvalue weighted by molar-refractivity contribution is 0.0537. The molecule has 4 nitrogen and oxygen atoms in total. The van der Waals surface area contributed by atoms with E-state index >= 15 is 0 Å². The second kappa shape index (κ2) is 5.27. The molecule has 2 aliphatic heterocycles. The first-order valence-corrected chi connectivity index (χ1v) is 7.43. The molecular weight excluding hydrogens is 238 g/mol. The fourth-order valence-corrected chi connectivity index (χ4v) is 3.53. The minimum Gasteiger partial charge on any atom is -0.465 e. The Kier molecular flexibility index (Phi) is 3.65. The van der Waals surface area contributed by atoms with Crippen molar-refractivity contribution in [3.8, 4) is 0 Å². The molecule has 0 aliphatic carbocycles. The molecule has 2 atom stereocenters. The molecule has 4 heteroatoms. The monoisotopic (exact) mass is 263 g/mol. The first kappa shape index (κ1) is 13.2. The van der Waals surface area contributed by atoms with E-state index in [4.69, 9.17) is 10.2 Å². The van der Waals surface area contributed by atoms with Crippen molar-refractivity contribution in [2.45, 2.75) is 51.9 Å². The molecule has 2 saturated heterocycles. The van der Waals surface area contributed by atoms with Crippen molar-refractivity contribution in [3.05, 3.63) is 23.2 Å². The molecule has 0 aromatic carbocycles. The lowest BCUT2D eigenvalue weighted by Gasteiger charge is -2.42. The minimum atomic E-state index is 0.493. The van der Waals surface area contributed by atoms with Crippen molar-refractivity contribution in [2.24, 2.45) is 5.73 Å². The van der Waals surface area contributed by atoms with Gasteiger partial charge in [0, 0.05) is 37.3 Å². The standard InChI is InChI=1S/C15H25N3O/c1-11-8-17-5-3-4-14(17)10-18(11)9-13-6-15(7-16)19-12(13)2/h6,11,14H,3-5,7-10,16H2,1-2H3. The highest BCUT2D eigenvalue weighted by molar-refractivity contribution is 5.21.